The first-order chi connectivity index (χ1) is 6.90. The zero-order chi connectivity index (χ0) is 11.9. The molecule has 6 heteroatoms. The van der Waals surface area contributed by atoms with Crippen molar-refractivity contribution in [2.24, 2.45) is 0 Å². The molecule has 0 aromatic carbocycles. The van der Waals surface area contributed by atoms with E-state index >= 15 is 0 Å². The quantitative estimate of drug-likeness (QED) is 0.641. The van der Waals surface area contributed by atoms with Crippen LogP contribution < -0.4 is 5.32 Å². The predicted molar refractivity (Wildman–Crippen MR) is 60.0 cm³/mol. The van der Waals surface area contributed by atoms with Crippen molar-refractivity contribution >= 4 is 15.9 Å². The van der Waals surface area contributed by atoms with E-state index in [-0.39, 0.29) is 18.1 Å². The van der Waals surface area contributed by atoms with Crippen LogP contribution in [0.25, 0.3) is 0 Å². The molecule has 1 amide bonds. The van der Waals surface area contributed by atoms with E-state index < -0.39 is 10.0 Å². The topological polar surface area (TPSA) is 66.5 Å². The molecule has 0 saturated heterocycles. The van der Waals surface area contributed by atoms with Crippen molar-refractivity contribution in [3.8, 4) is 0 Å². The fraction of sp³-hybridized carbons (Fsp3) is 0.889. The van der Waals surface area contributed by atoms with Crippen molar-refractivity contribution < 1.29 is 13.2 Å². The van der Waals surface area contributed by atoms with Crippen LogP contribution >= 0.6 is 0 Å². The number of amides is 1. The highest BCUT2D eigenvalue weighted by Crippen LogP contribution is 1.97. The molecule has 1 N–H and O–H groups in total. The van der Waals surface area contributed by atoms with Crippen LogP contribution in [0.1, 0.15) is 26.2 Å². The Morgan fingerprint density at radius 3 is 2.40 bits per heavy atom. The third-order valence-corrected chi connectivity index (χ3v) is 3.83. The van der Waals surface area contributed by atoms with Gasteiger partial charge in [0.15, 0.2) is 0 Å². The second-order valence-corrected chi connectivity index (χ2v) is 5.85. The minimum Gasteiger partial charge on any atom is -0.356 e. The molecule has 0 saturated carbocycles. The van der Waals surface area contributed by atoms with E-state index in [0.29, 0.717) is 6.54 Å². The van der Waals surface area contributed by atoms with Crippen LogP contribution in [0.15, 0.2) is 0 Å². The summed E-state index contributed by atoms with van der Waals surface area (Å²) in [5.41, 5.74) is 0. The maximum Gasteiger partial charge on any atom is 0.221 e. The Kier molecular flexibility index (Phi) is 6.51. The van der Waals surface area contributed by atoms with E-state index in [4.69, 9.17) is 0 Å². The second-order valence-electron chi connectivity index (χ2n) is 3.55. The number of sulfonamides is 1. The average molecular weight is 236 g/mol. The number of hydrogen-bond acceptors (Lipinski definition) is 3. The maximum atomic E-state index is 11.3. The fourth-order valence-corrected chi connectivity index (χ4v) is 1.71. The summed E-state index contributed by atoms with van der Waals surface area (Å²) in [6.45, 7) is 2.65. The Balaban J connectivity index is 3.81. The number of rotatable bonds is 7. The predicted octanol–water partition coefficient (Wildman–Crippen LogP) is 0.184. The van der Waals surface area contributed by atoms with Crippen LogP contribution in [0, 0.1) is 0 Å². The molecule has 0 rings (SSSR count). The van der Waals surface area contributed by atoms with Crippen LogP contribution in [0.2, 0.25) is 0 Å². The SMILES string of the molecule is CCCCNC(=O)CCS(=O)(=O)N(C)C. The van der Waals surface area contributed by atoms with E-state index in [1.165, 1.54) is 14.1 Å². The maximum absolute atomic E-state index is 11.3. The molecule has 0 fully saturated rings. The van der Waals surface area contributed by atoms with Gasteiger partial charge in [0.1, 0.15) is 0 Å². The van der Waals surface area contributed by atoms with Crippen LogP contribution in [-0.4, -0.2) is 45.0 Å². The van der Waals surface area contributed by atoms with Crippen molar-refractivity contribution in [1.82, 2.24) is 9.62 Å². The summed E-state index contributed by atoms with van der Waals surface area (Å²) in [4.78, 5) is 11.2. The molecule has 0 unspecified atom stereocenters. The fourth-order valence-electron chi connectivity index (χ4n) is 0.897. The highest BCUT2D eigenvalue weighted by atomic mass is 32.2. The minimum atomic E-state index is -3.25. The largest absolute Gasteiger partial charge is 0.356 e. The van der Waals surface area contributed by atoms with Gasteiger partial charge in [-0.2, -0.15) is 0 Å². The number of carbonyl (C=O) groups excluding carboxylic acids is 1. The summed E-state index contributed by atoms with van der Waals surface area (Å²) < 4.78 is 23.8. The van der Waals surface area contributed by atoms with Gasteiger partial charge in [0, 0.05) is 27.1 Å². The molecule has 0 aromatic rings. The number of nitrogens with zero attached hydrogens (tertiary/aromatic N) is 1. The van der Waals surface area contributed by atoms with Crippen LogP contribution in [-0.2, 0) is 14.8 Å². The minimum absolute atomic E-state index is 0.0320. The summed E-state index contributed by atoms with van der Waals surface area (Å²) in [5.74, 6) is -0.327. The lowest BCUT2D eigenvalue weighted by Crippen LogP contribution is -2.30. The molecule has 15 heavy (non-hydrogen) atoms. The summed E-state index contributed by atoms with van der Waals surface area (Å²) >= 11 is 0. The zero-order valence-electron chi connectivity index (χ0n) is 9.62. The summed E-state index contributed by atoms with van der Waals surface area (Å²) in [7, 11) is -0.326. The lowest BCUT2D eigenvalue weighted by molar-refractivity contribution is -0.120. The number of unbranched alkanes of at least 4 members (excludes halogenated alkanes) is 1. The lowest BCUT2D eigenvalue weighted by Gasteiger charge is -2.10. The van der Waals surface area contributed by atoms with Gasteiger partial charge in [-0.1, -0.05) is 13.3 Å². The molecule has 0 aliphatic carbocycles. The normalized spacial score (nSPS) is 11.7. The van der Waals surface area contributed by atoms with Gasteiger partial charge in [0.2, 0.25) is 15.9 Å². The molecule has 0 spiro atoms. The van der Waals surface area contributed by atoms with Gasteiger partial charge in [-0.3, -0.25) is 4.79 Å². The van der Waals surface area contributed by atoms with Crippen molar-refractivity contribution in [3.63, 3.8) is 0 Å². The Morgan fingerprint density at radius 1 is 1.33 bits per heavy atom. The molecule has 0 radical (unpaired) electrons. The standard InChI is InChI=1S/C9H20N2O3S/c1-4-5-7-10-9(12)6-8-15(13,14)11(2)3/h4-8H2,1-3H3,(H,10,12). The molecule has 0 aromatic heterocycles. The van der Waals surface area contributed by atoms with Gasteiger partial charge in [0.05, 0.1) is 5.75 Å². The van der Waals surface area contributed by atoms with Crippen molar-refractivity contribution in [1.29, 1.82) is 0 Å². The zero-order valence-corrected chi connectivity index (χ0v) is 10.4. The molecule has 0 aliphatic rings. The summed E-state index contributed by atoms with van der Waals surface area (Å²) in [6.07, 6.45) is 1.96. The highest BCUT2D eigenvalue weighted by Gasteiger charge is 2.15. The van der Waals surface area contributed by atoms with Gasteiger partial charge in [-0.25, -0.2) is 12.7 Å². The second kappa shape index (κ2) is 6.79. The van der Waals surface area contributed by atoms with E-state index in [0.717, 1.165) is 17.1 Å². The summed E-state index contributed by atoms with van der Waals surface area (Å²) in [5, 5.41) is 2.67. The molecular formula is C9H20N2O3S. The van der Waals surface area contributed by atoms with E-state index in [2.05, 4.69) is 5.32 Å². The van der Waals surface area contributed by atoms with Gasteiger partial charge < -0.3 is 5.32 Å². The molecule has 5 nitrogen and oxygen atoms in total. The van der Waals surface area contributed by atoms with Crippen LogP contribution in [0.3, 0.4) is 0 Å². The smallest absolute Gasteiger partial charge is 0.221 e. The summed E-state index contributed by atoms with van der Waals surface area (Å²) in [6, 6.07) is 0. The first-order valence-corrected chi connectivity index (χ1v) is 6.68. The van der Waals surface area contributed by atoms with E-state index in [1.807, 2.05) is 6.92 Å². The van der Waals surface area contributed by atoms with Gasteiger partial charge >= 0.3 is 0 Å². The van der Waals surface area contributed by atoms with Crippen molar-refractivity contribution in [3.05, 3.63) is 0 Å². The Morgan fingerprint density at radius 2 is 1.93 bits per heavy atom. The Labute approximate surface area is 91.9 Å². The highest BCUT2D eigenvalue weighted by molar-refractivity contribution is 7.89. The third kappa shape index (κ3) is 6.46. The molecule has 0 atom stereocenters. The van der Waals surface area contributed by atoms with Crippen molar-refractivity contribution in [2.75, 3.05) is 26.4 Å². The van der Waals surface area contributed by atoms with Gasteiger partial charge in [-0.05, 0) is 6.42 Å². The number of hydrogen-bond donors (Lipinski definition) is 1. The molecular weight excluding hydrogens is 216 g/mol. The van der Waals surface area contributed by atoms with Gasteiger partial charge in [-0.15, -0.1) is 0 Å². The number of nitrogens with one attached hydrogen (secondary N) is 1. The van der Waals surface area contributed by atoms with E-state index in [1.54, 1.807) is 0 Å². The van der Waals surface area contributed by atoms with E-state index in [9.17, 15) is 13.2 Å². The van der Waals surface area contributed by atoms with Crippen LogP contribution in [0.4, 0.5) is 0 Å². The average Bonchev–Trinajstić information content (AvgIpc) is 2.15. The number of carbonyl (C=O) groups is 1. The van der Waals surface area contributed by atoms with Crippen LogP contribution in [0.5, 0.6) is 0 Å². The Hall–Kier alpha value is -0.620. The first-order valence-electron chi connectivity index (χ1n) is 5.07. The molecule has 90 valence electrons. The molecule has 0 bridgehead atoms. The lowest BCUT2D eigenvalue weighted by atomic mass is 10.3. The molecule has 0 aliphatic heterocycles. The monoisotopic (exact) mass is 236 g/mol. The Bertz CT molecular complexity index is 286. The first kappa shape index (κ1) is 14.4. The van der Waals surface area contributed by atoms with Crippen molar-refractivity contribution in [2.45, 2.75) is 26.2 Å². The third-order valence-electron chi connectivity index (χ3n) is 2.00. The molecule has 0 heterocycles. The van der Waals surface area contributed by atoms with Gasteiger partial charge in [0.25, 0.3) is 0 Å².